The minimum atomic E-state index is -2.19. The number of hydrogen-bond acceptors (Lipinski definition) is 4. The van der Waals surface area contributed by atoms with Gasteiger partial charge in [-0.1, -0.05) is 50.2 Å². The van der Waals surface area contributed by atoms with Crippen molar-refractivity contribution in [2.24, 2.45) is 0 Å². The Morgan fingerprint density at radius 2 is 1.62 bits per heavy atom. The lowest BCUT2D eigenvalue weighted by molar-refractivity contribution is -0.144. The van der Waals surface area contributed by atoms with Crippen LogP contribution in [0, 0.1) is 6.92 Å². The second-order valence-electron chi connectivity index (χ2n) is 7.70. The Balaban J connectivity index is 3.09. The normalized spacial score (nSPS) is 13.5. The van der Waals surface area contributed by atoms with Crippen LogP contribution in [0.3, 0.4) is 0 Å². The van der Waals surface area contributed by atoms with E-state index in [9.17, 15) is 9.59 Å². The molecule has 0 saturated heterocycles. The van der Waals surface area contributed by atoms with Crippen LogP contribution < -0.4 is 0 Å². The number of hydrogen-bond donors (Lipinski definition) is 0. The predicted octanol–water partition coefficient (Wildman–Crippen LogP) is 4.09. The van der Waals surface area contributed by atoms with Gasteiger partial charge >= 0.3 is 0 Å². The quantitative estimate of drug-likeness (QED) is 0.329. The van der Waals surface area contributed by atoms with Crippen molar-refractivity contribution in [3.63, 3.8) is 0 Å². The van der Waals surface area contributed by atoms with Crippen LogP contribution >= 0.6 is 11.8 Å². The highest BCUT2D eigenvalue weighted by molar-refractivity contribution is 8.00. The lowest BCUT2D eigenvalue weighted by Crippen LogP contribution is -2.47. The van der Waals surface area contributed by atoms with E-state index in [1.54, 1.807) is 14.1 Å². The smallest absolute Gasteiger partial charge is 0.293 e. The van der Waals surface area contributed by atoms with E-state index in [4.69, 9.17) is 4.43 Å². The zero-order valence-electron chi connectivity index (χ0n) is 16.0. The molecule has 1 aromatic rings. The molecule has 0 unspecified atom stereocenters. The van der Waals surface area contributed by atoms with E-state index >= 15 is 0 Å². The average molecular weight is 368 g/mol. The molecule has 0 aliphatic carbocycles. The summed E-state index contributed by atoms with van der Waals surface area (Å²) in [6.07, 6.45) is 0. The van der Waals surface area contributed by atoms with Crippen LogP contribution in [0.2, 0.25) is 18.1 Å². The van der Waals surface area contributed by atoms with Gasteiger partial charge in [-0.05, 0) is 37.2 Å². The maximum absolute atomic E-state index is 12.6. The molecule has 0 aromatic heterocycles. The molecule has 0 fully saturated rings. The number of likely N-dealkylation sites (N-methyl/N-ethyl adjacent to an activating group) is 1. The van der Waals surface area contributed by atoms with Crippen LogP contribution in [0.5, 0.6) is 0 Å². The Kier molecular flexibility index (Phi) is 6.84. The highest BCUT2D eigenvalue weighted by atomic mass is 32.2. The lowest BCUT2D eigenvalue weighted by atomic mass is 10.2. The number of Topliss-reactive ketones (excluding diaryl/α,β-unsaturated/α-hetero) is 1. The molecule has 1 rings (SSSR count). The Labute approximate surface area is 151 Å². The number of ketones is 1. The molecule has 0 aliphatic heterocycles. The van der Waals surface area contributed by atoms with E-state index in [0.29, 0.717) is 0 Å². The van der Waals surface area contributed by atoms with Crippen molar-refractivity contribution in [3.05, 3.63) is 29.8 Å². The second-order valence-corrected chi connectivity index (χ2v) is 13.6. The van der Waals surface area contributed by atoms with Crippen LogP contribution in [0.1, 0.15) is 26.3 Å². The summed E-state index contributed by atoms with van der Waals surface area (Å²) in [5, 5.41) is -0.0411. The fourth-order valence-corrected chi connectivity index (χ4v) is 4.30. The number of nitrogens with zero attached hydrogens (tertiary/aromatic N) is 1. The lowest BCUT2D eigenvalue weighted by Gasteiger charge is -2.38. The van der Waals surface area contributed by atoms with Gasteiger partial charge in [-0.3, -0.25) is 9.59 Å². The molecule has 4 nitrogen and oxygen atoms in total. The summed E-state index contributed by atoms with van der Waals surface area (Å²) in [7, 11) is 0.978. The van der Waals surface area contributed by atoms with Crippen molar-refractivity contribution in [1.29, 1.82) is 0 Å². The van der Waals surface area contributed by atoms with E-state index in [1.165, 1.54) is 16.7 Å². The third-order valence-electron chi connectivity index (χ3n) is 4.30. The molecular weight excluding hydrogens is 338 g/mol. The van der Waals surface area contributed by atoms with Crippen LogP contribution in [-0.4, -0.2) is 44.4 Å². The first-order valence-corrected chi connectivity index (χ1v) is 11.8. The van der Waals surface area contributed by atoms with Gasteiger partial charge in [-0.2, -0.15) is 0 Å². The third-order valence-corrected chi connectivity index (χ3v) is 9.98. The Hall–Kier alpha value is -1.11. The number of rotatable bonds is 6. The Morgan fingerprint density at radius 1 is 1.12 bits per heavy atom. The van der Waals surface area contributed by atoms with E-state index in [2.05, 4.69) is 33.9 Å². The largest absolute Gasteiger partial charge is 0.398 e. The van der Waals surface area contributed by atoms with Crippen molar-refractivity contribution >= 4 is 31.8 Å². The highest BCUT2D eigenvalue weighted by Gasteiger charge is 2.42. The molecule has 0 heterocycles. The van der Waals surface area contributed by atoms with Crippen molar-refractivity contribution in [2.45, 2.75) is 56.2 Å². The topological polar surface area (TPSA) is 46.6 Å². The number of carbonyl (C=O) groups excluding carboxylic acids is 2. The first-order valence-electron chi connectivity index (χ1n) is 8.02. The van der Waals surface area contributed by atoms with Gasteiger partial charge in [-0.15, -0.1) is 0 Å². The fourth-order valence-electron chi connectivity index (χ4n) is 1.64. The number of benzene rings is 1. The molecular formula is C18H29NO3SSi. The molecule has 1 amide bonds. The van der Waals surface area contributed by atoms with Gasteiger partial charge in [0.15, 0.2) is 13.8 Å². The average Bonchev–Trinajstić information content (AvgIpc) is 2.45. The van der Waals surface area contributed by atoms with Gasteiger partial charge in [-0.25, -0.2) is 0 Å². The van der Waals surface area contributed by atoms with E-state index in [1.807, 2.05) is 31.2 Å². The summed E-state index contributed by atoms with van der Waals surface area (Å²) in [6.45, 7) is 12.5. The van der Waals surface area contributed by atoms with Gasteiger partial charge in [0, 0.05) is 19.0 Å². The van der Waals surface area contributed by atoms with Gasteiger partial charge in [0.05, 0.1) is 0 Å². The van der Waals surface area contributed by atoms with Gasteiger partial charge < -0.3 is 9.33 Å². The minimum absolute atomic E-state index is 0.0411. The number of thioether (sulfide) groups is 1. The number of carbonyl (C=O) groups is 2. The molecule has 134 valence electrons. The molecule has 0 radical (unpaired) electrons. The standard InChI is InChI=1S/C18H29NO3SSi/c1-13-9-11-14(12-10-13)23-17(15(20)16(21)19(5)6)22-24(7,8)18(2,3)4/h9-12,17H,1-8H3/t17-/m1/s1. The zero-order valence-corrected chi connectivity index (χ0v) is 17.8. The van der Waals surface area contributed by atoms with E-state index in [-0.39, 0.29) is 5.04 Å². The van der Waals surface area contributed by atoms with Crippen molar-refractivity contribution < 1.29 is 14.0 Å². The molecule has 1 atom stereocenters. The Morgan fingerprint density at radius 3 is 2.04 bits per heavy atom. The molecule has 0 bridgehead atoms. The van der Waals surface area contributed by atoms with E-state index in [0.717, 1.165) is 10.5 Å². The highest BCUT2D eigenvalue weighted by Crippen LogP contribution is 2.39. The van der Waals surface area contributed by atoms with E-state index < -0.39 is 25.4 Å². The van der Waals surface area contributed by atoms with Crippen LogP contribution in [0.15, 0.2) is 29.2 Å². The van der Waals surface area contributed by atoms with Crippen LogP contribution in [-0.2, 0) is 14.0 Å². The SMILES string of the molecule is Cc1ccc(S[C@@H](O[Si](C)(C)C(C)(C)C)C(=O)C(=O)N(C)C)cc1. The van der Waals surface area contributed by atoms with Gasteiger partial charge in [0.25, 0.3) is 11.7 Å². The summed E-state index contributed by atoms with van der Waals surface area (Å²) < 4.78 is 6.27. The van der Waals surface area contributed by atoms with Crippen LogP contribution in [0.25, 0.3) is 0 Å². The third kappa shape index (κ3) is 5.46. The number of aryl methyl sites for hydroxylation is 1. The maximum atomic E-state index is 12.6. The summed E-state index contributed by atoms with van der Waals surface area (Å²) in [5.41, 5.74) is 0.334. The fraction of sp³-hybridized carbons (Fsp3) is 0.556. The van der Waals surface area contributed by atoms with Crippen molar-refractivity contribution in [3.8, 4) is 0 Å². The Bertz CT molecular complexity index is 591. The van der Waals surface area contributed by atoms with Crippen molar-refractivity contribution in [1.82, 2.24) is 4.90 Å². The molecule has 6 heteroatoms. The predicted molar refractivity (Wildman–Crippen MR) is 103 cm³/mol. The summed E-state index contributed by atoms with van der Waals surface area (Å²) in [5.74, 6) is -1.03. The molecule has 0 N–H and O–H groups in total. The molecule has 24 heavy (non-hydrogen) atoms. The monoisotopic (exact) mass is 367 g/mol. The first-order chi connectivity index (χ1) is 10.8. The molecule has 0 aliphatic rings. The first kappa shape index (κ1) is 20.9. The second kappa shape index (κ2) is 7.85. The van der Waals surface area contributed by atoms with Gasteiger partial charge in [0.1, 0.15) is 0 Å². The molecule has 0 spiro atoms. The molecule has 0 saturated carbocycles. The molecule has 1 aromatic carbocycles. The summed E-state index contributed by atoms with van der Waals surface area (Å²) in [6, 6.07) is 7.89. The van der Waals surface area contributed by atoms with Crippen LogP contribution in [0.4, 0.5) is 0 Å². The van der Waals surface area contributed by atoms with Gasteiger partial charge in [0.2, 0.25) is 0 Å². The zero-order chi connectivity index (χ0) is 18.7. The van der Waals surface area contributed by atoms with Crippen molar-refractivity contribution in [2.75, 3.05) is 14.1 Å². The minimum Gasteiger partial charge on any atom is -0.398 e. The summed E-state index contributed by atoms with van der Waals surface area (Å²) >= 11 is 1.31. The summed E-state index contributed by atoms with van der Waals surface area (Å²) in [4.78, 5) is 27.0. The maximum Gasteiger partial charge on any atom is 0.293 e. The number of amides is 1.